The lowest BCUT2D eigenvalue weighted by Gasteiger charge is -2.18. The van der Waals surface area contributed by atoms with Crippen LogP contribution in [0.2, 0.25) is 0 Å². The van der Waals surface area contributed by atoms with Gasteiger partial charge in [-0.3, -0.25) is 4.79 Å². The van der Waals surface area contributed by atoms with E-state index in [2.05, 4.69) is 29.2 Å². The lowest BCUT2D eigenvalue weighted by atomic mass is 10.1. The fraction of sp³-hybridized carbons (Fsp3) is 0.381. The van der Waals surface area contributed by atoms with Crippen LogP contribution in [0.25, 0.3) is 0 Å². The third kappa shape index (κ3) is 5.41. The molecule has 0 aliphatic rings. The van der Waals surface area contributed by atoms with E-state index in [1.54, 1.807) is 19.1 Å². The SMILES string of the molecule is COc1cc(CCC(=O)N(C)Cc2ccc(N(C)C)cc2)cc(OC)c1. The maximum Gasteiger partial charge on any atom is 0.222 e. The molecule has 2 aromatic rings. The second-order valence-electron chi connectivity index (χ2n) is 6.53. The third-order valence-corrected chi connectivity index (χ3v) is 4.34. The van der Waals surface area contributed by atoms with Gasteiger partial charge in [-0.15, -0.1) is 0 Å². The van der Waals surface area contributed by atoms with Crippen LogP contribution in [0.1, 0.15) is 17.5 Å². The van der Waals surface area contributed by atoms with Gasteiger partial charge in [0.1, 0.15) is 11.5 Å². The van der Waals surface area contributed by atoms with Crippen LogP contribution in [0.5, 0.6) is 11.5 Å². The Morgan fingerprint density at radius 1 is 0.885 bits per heavy atom. The van der Waals surface area contributed by atoms with Crippen LogP contribution >= 0.6 is 0 Å². The topological polar surface area (TPSA) is 42.0 Å². The molecule has 0 N–H and O–H groups in total. The van der Waals surface area contributed by atoms with Gasteiger partial charge in [-0.25, -0.2) is 0 Å². The lowest BCUT2D eigenvalue weighted by molar-refractivity contribution is -0.130. The van der Waals surface area contributed by atoms with E-state index in [1.165, 1.54) is 0 Å². The number of anilines is 1. The number of methoxy groups -OCH3 is 2. The van der Waals surface area contributed by atoms with E-state index < -0.39 is 0 Å². The molecule has 140 valence electrons. The van der Waals surface area contributed by atoms with Gasteiger partial charge in [0.25, 0.3) is 0 Å². The maximum absolute atomic E-state index is 12.5. The molecular formula is C21H28N2O3. The van der Waals surface area contributed by atoms with Crippen molar-refractivity contribution in [1.82, 2.24) is 4.90 Å². The molecule has 0 radical (unpaired) electrons. The summed E-state index contributed by atoms with van der Waals surface area (Å²) in [6, 6.07) is 14.0. The van der Waals surface area contributed by atoms with Gasteiger partial charge in [0.15, 0.2) is 0 Å². The number of benzene rings is 2. The minimum atomic E-state index is 0.114. The molecule has 0 heterocycles. The molecule has 0 bridgehead atoms. The van der Waals surface area contributed by atoms with Crippen molar-refractivity contribution in [3.8, 4) is 11.5 Å². The summed E-state index contributed by atoms with van der Waals surface area (Å²) in [5.41, 5.74) is 3.29. The molecule has 0 aliphatic carbocycles. The molecule has 0 saturated carbocycles. The number of ether oxygens (including phenoxy) is 2. The molecule has 2 rings (SSSR count). The number of carbonyl (C=O) groups is 1. The van der Waals surface area contributed by atoms with Crippen molar-refractivity contribution in [2.75, 3.05) is 40.3 Å². The van der Waals surface area contributed by atoms with Crippen LogP contribution in [-0.2, 0) is 17.8 Å². The van der Waals surface area contributed by atoms with Crippen molar-refractivity contribution >= 4 is 11.6 Å². The Kier molecular flexibility index (Phi) is 6.89. The molecule has 1 amide bonds. The summed E-state index contributed by atoms with van der Waals surface area (Å²) in [6.45, 7) is 0.605. The van der Waals surface area contributed by atoms with Gasteiger partial charge >= 0.3 is 0 Å². The first-order valence-corrected chi connectivity index (χ1v) is 8.65. The Labute approximate surface area is 156 Å². The van der Waals surface area contributed by atoms with E-state index in [4.69, 9.17) is 9.47 Å². The van der Waals surface area contributed by atoms with Gasteiger partial charge in [0, 0.05) is 45.9 Å². The Morgan fingerprint density at radius 3 is 1.96 bits per heavy atom. The van der Waals surface area contributed by atoms with Gasteiger partial charge in [-0.1, -0.05) is 12.1 Å². The zero-order valence-electron chi connectivity index (χ0n) is 16.3. The largest absolute Gasteiger partial charge is 0.497 e. The first-order chi connectivity index (χ1) is 12.4. The standard InChI is InChI=1S/C21H28N2O3/c1-22(2)18-9-6-16(7-10-18)15-23(3)21(24)11-8-17-12-19(25-4)14-20(13-17)26-5/h6-7,9-10,12-14H,8,11,15H2,1-5H3. The van der Waals surface area contributed by atoms with E-state index in [-0.39, 0.29) is 5.91 Å². The van der Waals surface area contributed by atoms with Gasteiger partial charge in [-0.2, -0.15) is 0 Å². The first kappa shape index (κ1) is 19.6. The summed E-state index contributed by atoms with van der Waals surface area (Å²) < 4.78 is 10.6. The quantitative estimate of drug-likeness (QED) is 0.727. The van der Waals surface area contributed by atoms with Crippen molar-refractivity contribution < 1.29 is 14.3 Å². The molecule has 26 heavy (non-hydrogen) atoms. The highest BCUT2D eigenvalue weighted by atomic mass is 16.5. The number of hydrogen-bond donors (Lipinski definition) is 0. The zero-order chi connectivity index (χ0) is 19.1. The monoisotopic (exact) mass is 356 g/mol. The van der Waals surface area contributed by atoms with E-state index in [1.807, 2.05) is 39.3 Å². The second kappa shape index (κ2) is 9.13. The Morgan fingerprint density at radius 2 is 1.46 bits per heavy atom. The van der Waals surface area contributed by atoms with E-state index in [0.29, 0.717) is 19.4 Å². The Hall–Kier alpha value is -2.69. The number of hydrogen-bond acceptors (Lipinski definition) is 4. The maximum atomic E-state index is 12.5. The van der Waals surface area contributed by atoms with Gasteiger partial charge in [0.05, 0.1) is 14.2 Å². The molecule has 5 heteroatoms. The van der Waals surface area contributed by atoms with Crippen LogP contribution in [0.3, 0.4) is 0 Å². The van der Waals surface area contributed by atoms with Crippen molar-refractivity contribution in [2.24, 2.45) is 0 Å². The third-order valence-electron chi connectivity index (χ3n) is 4.34. The summed E-state index contributed by atoms with van der Waals surface area (Å²) in [6.07, 6.45) is 1.10. The van der Waals surface area contributed by atoms with Crippen molar-refractivity contribution in [3.63, 3.8) is 0 Å². The number of rotatable bonds is 8. The molecule has 2 aromatic carbocycles. The smallest absolute Gasteiger partial charge is 0.222 e. The van der Waals surface area contributed by atoms with E-state index in [9.17, 15) is 4.79 Å². The number of amides is 1. The number of carbonyl (C=O) groups excluding carboxylic acids is 1. The minimum absolute atomic E-state index is 0.114. The normalized spacial score (nSPS) is 10.3. The van der Waals surface area contributed by atoms with Crippen molar-refractivity contribution in [2.45, 2.75) is 19.4 Å². The molecular weight excluding hydrogens is 328 g/mol. The van der Waals surface area contributed by atoms with Crippen LogP contribution in [0.15, 0.2) is 42.5 Å². The molecule has 0 saturated heterocycles. The molecule has 0 fully saturated rings. The summed E-state index contributed by atoms with van der Waals surface area (Å²) >= 11 is 0. The van der Waals surface area contributed by atoms with Crippen LogP contribution in [-0.4, -0.2) is 46.2 Å². The van der Waals surface area contributed by atoms with E-state index >= 15 is 0 Å². The molecule has 0 atom stereocenters. The predicted molar refractivity (Wildman–Crippen MR) is 105 cm³/mol. The highest BCUT2D eigenvalue weighted by Crippen LogP contribution is 2.23. The fourth-order valence-corrected chi connectivity index (χ4v) is 2.71. The highest BCUT2D eigenvalue weighted by molar-refractivity contribution is 5.76. The first-order valence-electron chi connectivity index (χ1n) is 8.65. The number of nitrogens with zero attached hydrogens (tertiary/aromatic N) is 2. The van der Waals surface area contributed by atoms with E-state index in [0.717, 1.165) is 28.3 Å². The summed E-state index contributed by atoms with van der Waals surface area (Å²) in [7, 11) is 9.11. The average Bonchev–Trinajstić information content (AvgIpc) is 2.66. The highest BCUT2D eigenvalue weighted by Gasteiger charge is 2.11. The van der Waals surface area contributed by atoms with Crippen LogP contribution < -0.4 is 14.4 Å². The second-order valence-corrected chi connectivity index (χ2v) is 6.53. The van der Waals surface area contributed by atoms with Crippen molar-refractivity contribution in [1.29, 1.82) is 0 Å². The molecule has 0 unspecified atom stereocenters. The molecule has 0 spiro atoms. The summed E-state index contributed by atoms with van der Waals surface area (Å²) in [5.74, 6) is 1.59. The van der Waals surface area contributed by atoms with Gasteiger partial charge < -0.3 is 19.3 Å². The molecule has 0 aliphatic heterocycles. The number of aryl methyl sites for hydroxylation is 1. The predicted octanol–water partition coefficient (Wildman–Crippen LogP) is 3.36. The lowest BCUT2D eigenvalue weighted by Crippen LogP contribution is -2.26. The minimum Gasteiger partial charge on any atom is -0.497 e. The van der Waals surface area contributed by atoms with Crippen molar-refractivity contribution in [3.05, 3.63) is 53.6 Å². The average molecular weight is 356 g/mol. The van der Waals surface area contributed by atoms with Gasteiger partial charge in [0.2, 0.25) is 5.91 Å². The summed E-state index contributed by atoms with van der Waals surface area (Å²) in [4.78, 5) is 16.3. The molecule has 0 aromatic heterocycles. The summed E-state index contributed by atoms with van der Waals surface area (Å²) in [5, 5.41) is 0. The zero-order valence-corrected chi connectivity index (χ0v) is 16.3. The molecule has 5 nitrogen and oxygen atoms in total. The van der Waals surface area contributed by atoms with Crippen LogP contribution in [0, 0.1) is 0 Å². The Balaban J connectivity index is 1.92. The fourth-order valence-electron chi connectivity index (χ4n) is 2.71. The van der Waals surface area contributed by atoms with Crippen LogP contribution in [0.4, 0.5) is 5.69 Å². The van der Waals surface area contributed by atoms with Gasteiger partial charge in [-0.05, 0) is 41.8 Å². The Bertz CT molecular complexity index is 704.